The normalized spacial score (nSPS) is 12.2. The molecule has 4 N–H and O–H groups in total. The summed E-state index contributed by atoms with van der Waals surface area (Å²) in [6.45, 7) is 0. The summed E-state index contributed by atoms with van der Waals surface area (Å²) < 4.78 is 68.7. The predicted octanol–water partition coefficient (Wildman–Crippen LogP) is 2.54. The molecule has 3 aromatic rings. The van der Waals surface area contributed by atoms with Crippen molar-refractivity contribution in [2.45, 2.75) is 9.79 Å². The molecule has 0 bridgehead atoms. The second-order valence-electron chi connectivity index (χ2n) is 5.87. The molecule has 0 fully saturated rings. The Kier molecular flexibility index (Phi) is 5.95. The van der Waals surface area contributed by atoms with E-state index in [1.807, 2.05) is 0 Å². The van der Waals surface area contributed by atoms with Crippen LogP contribution in [0.4, 0.5) is 16.2 Å². The van der Waals surface area contributed by atoms with Crippen molar-refractivity contribution in [2.75, 3.05) is 0 Å². The van der Waals surface area contributed by atoms with Gasteiger partial charge in [-0.25, -0.2) is 4.79 Å². The van der Waals surface area contributed by atoms with Crippen molar-refractivity contribution in [2.24, 2.45) is 10.2 Å². The summed E-state index contributed by atoms with van der Waals surface area (Å²) in [6.07, 6.45) is -1.81. The van der Waals surface area contributed by atoms with Crippen LogP contribution in [-0.2, 0) is 20.2 Å². The second-order valence-corrected chi connectivity index (χ2v) is 8.68. The highest BCUT2D eigenvalue weighted by Gasteiger charge is 2.23. The van der Waals surface area contributed by atoms with Crippen molar-refractivity contribution in [1.29, 1.82) is 0 Å². The van der Waals surface area contributed by atoms with Gasteiger partial charge in [-0.3, -0.25) is 9.11 Å². The van der Waals surface area contributed by atoms with E-state index >= 15 is 0 Å². The van der Waals surface area contributed by atoms with E-state index in [4.69, 9.17) is 9.66 Å². The van der Waals surface area contributed by atoms with Crippen LogP contribution < -0.4 is 4.74 Å². The first-order valence-electron chi connectivity index (χ1n) is 8.17. The van der Waals surface area contributed by atoms with Gasteiger partial charge in [-0.15, -0.1) is 15.3 Å². The van der Waals surface area contributed by atoms with Crippen LogP contribution in [0.2, 0.25) is 0 Å². The lowest BCUT2D eigenvalue weighted by Gasteiger charge is -2.03. The van der Waals surface area contributed by atoms with E-state index in [1.54, 1.807) is 0 Å². The Labute approximate surface area is 179 Å². The van der Waals surface area contributed by atoms with Gasteiger partial charge in [0.2, 0.25) is 11.6 Å². The lowest BCUT2D eigenvalue weighted by Crippen LogP contribution is -2.04. The van der Waals surface area contributed by atoms with Crippen molar-refractivity contribution in [3.05, 3.63) is 48.5 Å². The van der Waals surface area contributed by atoms with Crippen LogP contribution in [0.25, 0.3) is 5.69 Å². The summed E-state index contributed by atoms with van der Waals surface area (Å²) in [6, 6.07) is 9.17. The number of azo groups is 1. The molecule has 0 aliphatic carbocycles. The number of hydrogen-bond acceptors (Lipinski definition) is 10. The molecule has 1 aromatic heterocycles. The van der Waals surface area contributed by atoms with Crippen LogP contribution in [0.5, 0.6) is 11.8 Å². The highest BCUT2D eigenvalue weighted by atomic mass is 32.2. The molecule has 2 aromatic carbocycles. The third-order valence-electron chi connectivity index (χ3n) is 3.77. The molecule has 0 saturated carbocycles. The quantitative estimate of drug-likeness (QED) is 0.226. The van der Waals surface area contributed by atoms with Gasteiger partial charge in [0.05, 0.1) is 10.6 Å². The first-order chi connectivity index (χ1) is 14.9. The fourth-order valence-electron chi connectivity index (χ4n) is 2.42. The number of nitrogens with zero attached hydrogens (tertiary/aromatic N) is 4. The Morgan fingerprint density at radius 1 is 0.938 bits per heavy atom. The molecule has 3 rings (SSSR count). The number of ether oxygens (including phenoxy) is 1. The van der Waals surface area contributed by atoms with E-state index in [1.165, 1.54) is 18.2 Å². The minimum atomic E-state index is -4.66. The van der Waals surface area contributed by atoms with Gasteiger partial charge >= 0.3 is 6.16 Å². The SMILES string of the molecule is O=C(O)Oc1nn(-c2ccc(S(=O)(=O)O)cc2)c(O)c1N=Nc1ccccc1S(=O)(=O)O. The Morgan fingerprint density at radius 2 is 1.56 bits per heavy atom. The van der Waals surface area contributed by atoms with E-state index in [0.29, 0.717) is 0 Å². The molecule has 168 valence electrons. The lowest BCUT2D eigenvalue weighted by atomic mass is 10.3. The molecule has 16 heteroatoms. The topological polar surface area (TPSA) is 218 Å². The van der Waals surface area contributed by atoms with E-state index < -0.39 is 53.6 Å². The Balaban J connectivity index is 2.10. The smallest absolute Gasteiger partial charge is 0.492 e. The van der Waals surface area contributed by atoms with Gasteiger partial charge in [0.1, 0.15) is 10.6 Å². The van der Waals surface area contributed by atoms with Crippen LogP contribution in [-0.4, -0.2) is 52.1 Å². The third kappa shape index (κ3) is 4.89. The maximum atomic E-state index is 11.5. The van der Waals surface area contributed by atoms with Crippen LogP contribution in [0.1, 0.15) is 0 Å². The summed E-state index contributed by atoms with van der Waals surface area (Å²) in [5.74, 6) is -1.53. The molecule has 0 saturated heterocycles. The minimum absolute atomic E-state index is 0.0184. The maximum absolute atomic E-state index is 11.5. The summed E-state index contributed by atoms with van der Waals surface area (Å²) in [5, 5.41) is 30.3. The monoisotopic (exact) mass is 484 g/mol. The number of hydrogen-bond donors (Lipinski definition) is 4. The van der Waals surface area contributed by atoms with Gasteiger partial charge in [0.15, 0.2) is 0 Å². The summed E-state index contributed by atoms with van der Waals surface area (Å²) >= 11 is 0. The second kappa shape index (κ2) is 8.35. The van der Waals surface area contributed by atoms with Crippen molar-refractivity contribution in [3.63, 3.8) is 0 Å². The molecular weight excluding hydrogens is 472 g/mol. The fraction of sp³-hybridized carbons (Fsp3) is 0. The first-order valence-corrected chi connectivity index (χ1v) is 11.0. The van der Waals surface area contributed by atoms with Crippen LogP contribution in [0.15, 0.2) is 68.6 Å². The van der Waals surface area contributed by atoms with Crippen LogP contribution >= 0.6 is 0 Å². The van der Waals surface area contributed by atoms with Gasteiger partial charge in [0.25, 0.3) is 26.1 Å². The maximum Gasteiger partial charge on any atom is 0.512 e. The van der Waals surface area contributed by atoms with Gasteiger partial charge in [0, 0.05) is 0 Å². The molecule has 0 radical (unpaired) electrons. The molecule has 1 heterocycles. The number of benzene rings is 2. The Hall–Kier alpha value is -3.86. The van der Waals surface area contributed by atoms with E-state index in [-0.39, 0.29) is 11.4 Å². The molecule has 0 amide bonds. The molecule has 32 heavy (non-hydrogen) atoms. The summed E-state index contributed by atoms with van der Waals surface area (Å²) in [7, 11) is -9.15. The number of carbonyl (C=O) groups is 1. The average Bonchev–Trinajstić information content (AvgIpc) is 3.00. The molecule has 0 unspecified atom stereocenters. The molecule has 0 aliphatic rings. The van der Waals surface area contributed by atoms with Crippen molar-refractivity contribution in [1.82, 2.24) is 9.78 Å². The van der Waals surface area contributed by atoms with Crippen LogP contribution in [0, 0.1) is 0 Å². The van der Waals surface area contributed by atoms with E-state index in [2.05, 4.69) is 20.1 Å². The molecule has 0 aliphatic heterocycles. The zero-order chi connectivity index (χ0) is 23.7. The average molecular weight is 484 g/mol. The molecular formula is C16H12N4O10S2. The van der Waals surface area contributed by atoms with Crippen molar-refractivity contribution in [3.8, 4) is 17.4 Å². The number of aromatic hydroxyl groups is 1. The van der Waals surface area contributed by atoms with Crippen LogP contribution in [0.3, 0.4) is 0 Å². The van der Waals surface area contributed by atoms with E-state index in [0.717, 1.165) is 35.0 Å². The molecule has 14 nitrogen and oxygen atoms in total. The molecule has 0 atom stereocenters. The highest BCUT2D eigenvalue weighted by molar-refractivity contribution is 7.86. The number of aromatic nitrogens is 2. The fourth-order valence-corrected chi connectivity index (χ4v) is 3.53. The zero-order valence-electron chi connectivity index (χ0n) is 15.5. The lowest BCUT2D eigenvalue weighted by molar-refractivity contribution is 0.142. The van der Waals surface area contributed by atoms with E-state index in [9.17, 15) is 31.3 Å². The van der Waals surface area contributed by atoms with Crippen molar-refractivity contribution >= 4 is 37.8 Å². The highest BCUT2D eigenvalue weighted by Crippen LogP contribution is 2.40. The minimum Gasteiger partial charge on any atom is -0.492 e. The number of carboxylic acid groups (broad SMARTS) is 1. The van der Waals surface area contributed by atoms with Gasteiger partial charge < -0.3 is 14.9 Å². The van der Waals surface area contributed by atoms with Gasteiger partial charge in [-0.2, -0.15) is 21.5 Å². The Morgan fingerprint density at radius 3 is 2.12 bits per heavy atom. The summed E-state index contributed by atoms with van der Waals surface area (Å²) in [4.78, 5) is 9.91. The Bertz CT molecular complexity index is 1430. The van der Waals surface area contributed by atoms with Gasteiger partial charge in [-0.1, -0.05) is 12.1 Å². The summed E-state index contributed by atoms with van der Waals surface area (Å²) in [5.41, 5.74) is -0.928. The molecule has 0 spiro atoms. The standard InChI is InChI=1S/C16H12N4O10S2/c21-15-13(18-17-11-3-1-2-4-12(11)32(27,28)29)14(30-16(22)23)19-20(15)9-5-7-10(8-6-9)31(24,25)26/h1-8,21H,(H,22,23)(H,24,25,26)(H,27,28,29). The third-order valence-corrected chi connectivity index (χ3v) is 5.54. The van der Waals surface area contributed by atoms with Crippen molar-refractivity contribution < 1.29 is 45.7 Å². The van der Waals surface area contributed by atoms with Gasteiger partial charge in [-0.05, 0) is 36.4 Å². The largest absolute Gasteiger partial charge is 0.512 e. The first kappa shape index (κ1) is 22.8. The zero-order valence-corrected chi connectivity index (χ0v) is 17.1. The number of rotatable bonds is 6. The predicted molar refractivity (Wildman–Crippen MR) is 104 cm³/mol.